The van der Waals surface area contributed by atoms with E-state index in [4.69, 9.17) is 11.2 Å². The van der Waals surface area contributed by atoms with Crippen LogP contribution in [0.5, 0.6) is 0 Å². The van der Waals surface area contributed by atoms with Crippen molar-refractivity contribution in [1.29, 1.82) is 0 Å². The third-order valence-corrected chi connectivity index (χ3v) is 6.29. The topological polar surface area (TPSA) is 114 Å². The molecule has 0 saturated heterocycles. The number of nitrogens with zero attached hydrogens (tertiary/aromatic N) is 1. The summed E-state index contributed by atoms with van der Waals surface area (Å²) in [6.07, 6.45) is 9.09. The molecule has 0 heterocycles. The lowest BCUT2D eigenvalue weighted by Crippen LogP contribution is -2.55. The van der Waals surface area contributed by atoms with Gasteiger partial charge in [0.1, 0.15) is 24.2 Å². The van der Waals surface area contributed by atoms with E-state index in [-0.39, 0.29) is 19.0 Å². The number of hydrogen-bond acceptors (Lipinski definition) is 6. The summed E-state index contributed by atoms with van der Waals surface area (Å²) < 4.78 is 10.1. The van der Waals surface area contributed by atoms with Crippen molar-refractivity contribution in [3.05, 3.63) is 35.4 Å². The molecule has 0 aliphatic carbocycles. The van der Waals surface area contributed by atoms with Crippen LogP contribution in [0.15, 0.2) is 24.3 Å². The number of carbonyl (C=O) groups excluding carboxylic acids is 4. The summed E-state index contributed by atoms with van der Waals surface area (Å²) in [7, 11) is 1.22. The van der Waals surface area contributed by atoms with Gasteiger partial charge in [-0.2, -0.15) is 0 Å². The van der Waals surface area contributed by atoms with Gasteiger partial charge in [0.25, 0.3) is 0 Å². The summed E-state index contributed by atoms with van der Waals surface area (Å²) in [5.41, 5.74) is 0.142. The number of amides is 3. The molecule has 1 aromatic carbocycles. The molecule has 0 saturated carbocycles. The van der Waals surface area contributed by atoms with Gasteiger partial charge in [0.05, 0.1) is 7.11 Å². The molecule has 9 nitrogen and oxygen atoms in total. The average molecular weight is 544 g/mol. The molecule has 2 N–H and O–H groups in total. The van der Waals surface area contributed by atoms with Crippen molar-refractivity contribution in [2.75, 3.05) is 20.2 Å². The van der Waals surface area contributed by atoms with E-state index in [9.17, 15) is 19.2 Å². The first kappa shape index (κ1) is 33.5. The molecule has 0 radical (unpaired) electrons. The number of carbonyl (C=O) groups is 4. The van der Waals surface area contributed by atoms with Gasteiger partial charge in [0.15, 0.2) is 0 Å². The van der Waals surface area contributed by atoms with E-state index in [1.807, 2.05) is 13.8 Å². The smallest absolute Gasteiger partial charge is 0.408 e. The Balaban J connectivity index is 3.60. The molecule has 3 unspecified atom stereocenters. The quantitative estimate of drug-likeness (QED) is 0.205. The van der Waals surface area contributed by atoms with Crippen molar-refractivity contribution in [2.45, 2.75) is 91.3 Å². The Hall–Kier alpha value is -3.54. The van der Waals surface area contributed by atoms with Crippen molar-refractivity contribution in [1.82, 2.24) is 15.5 Å². The van der Waals surface area contributed by atoms with Crippen LogP contribution in [0.25, 0.3) is 0 Å². The van der Waals surface area contributed by atoms with Crippen molar-refractivity contribution in [3.63, 3.8) is 0 Å². The van der Waals surface area contributed by atoms with E-state index in [2.05, 4.69) is 28.2 Å². The molecular weight excluding hydrogens is 498 g/mol. The van der Waals surface area contributed by atoms with E-state index >= 15 is 0 Å². The van der Waals surface area contributed by atoms with Crippen LogP contribution in [-0.2, 0) is 23.9 Å². The lowest BCUT2D eigenvalue weighted by molar-refractivity contribution is -0.145. The zero-order chi connectivity index (χ0) is 29.6. The van der Waals surface area contributed by atoms with Crippen LogP contribution >= 0.6 is 0 Å². The van der Waals surface area contributed by atoms with E-state index in [1.165, 1.54) is 12.0 Å². The van der Waals surface area contributed by atoms with Gasteiger partial charge in [-0.3, -0.25) is 14.4 Å². The van der Waals surface area contributed by atoms with E-state index in [1.54, 1.807) is 45.0 Å². The average Bonchev–Trinajstić information content (AvgIpc) is 2.90. The molecular formula is C30H45N3O6. The summed E-state index contributed by atoms with van der Waals surface area (Å²) in [6.45, 7) is 11.0. The Bertz CT molecular complexity index is 1010. The predicted octanol–water partition coefficient (Wildman–Crippen LogP) is 4.35. The van der Waals surface area contributed by atoms with Crippen molar-refractivity contribution >= 4 is 23.9 Å². The lowest BCUT2D eigenvalue weighted by Gasteiger charge is -2.36. The van der Waals surface area contributed by atoms with Gasteiger partial charge in [-0.25, -0.2) is 4.79 Å². The second-order valence-corrected chi connectivity index (χ2v) is 10.5. The number of ether oxygens (including phenoxy) is 2. The number of hydrogen-bond donors (Lipinski definition) is 2. The highest BCUT2D eigenvalue weighted by molar-refractivity contribution is 5.93. The van der Waals surface area contributed by atoms with Gasteiger partial charge in [-0.1, -0.05) is 70.6 Å². The zero-order valence-electron chi connectivity index (χ0n) is 24.5. The monoisotopic (exact) mass is 543 g/mol. The maximum atomic E-state index is 14.3. The van der Waals surface area contributed by atoms with Crippen LogP contribution in [0.1, 0.15) is 90.8 Å². The predicted molar refractivity (Wildman–Crippen MR) is 151 cm³/mol. The first-order valence-corrected chi connectivity index (χ1v) is 13.6. The van der Waals surface area contributed by atoms with E-state index < -0.39 is 41.6 Å². The molecule has 0 spiro atoms. The molecule has 0 aromatic heterocycles. The Morgan fingerprint density at radius 3 is 2.31 bits per heavy atom. The van der Waals surface area contributed by atoms with Crippen LogP contribution < -0.4 is 10.6 Å². The van der Waals surface area contributed by atoms with Gasteiger partial charge in [0, 0.05) is 12.1 Å². The fourth-order valence-corrected chi connectivity index (χ4v) is 4.02. The number of alkyl carbamates (subject to hydrolysis) is 1. The number of rotatable bonds is 14. The van der Waals surface area contributed by atoms with Crippen LogP contribution in [0.4, 0.5) is 4.79 Å². The Morgan fingerprint density at radius 1 is 1.08 bits per heavy atom. The molecule has 0 aliphatic heterocycles. The highest BCUT2D eigenvalue weighted by Crippen LogP contribution is 2.27. The van der Waals surface area contributed by atoms with E-state index in [0.717, 1.165) is 19.3 Å². The molecule has 1 aromatic rings. The maximum Gasteiger partial charge on any atom is 0.408 e. The molecule has 3 amide bonds. The van der Waals surface area contributed by atoms with Gasteiger partial charge >= 0.3 is 12.1 Å². The van der Waals surface area contributed by atoms with Crippen molar-refractivity contribution in [2.24, 2.45) is 5.92 Å². The van der Waals surface area contributed by atoms with Gasteiger partial charge in [-0.15, -0.1) is 6.42 Å². The van der Waals surface area contributed by atoms with Crippen LogP contribution in [0.2, 0.25) is 0 Å². The second kappa shape index (κ2) is 16.4. The molecule has 0 aliphatic rings. The standard InChI is InChI=1S/C30H45N3O6/c1-9-12-13-16-19-33(28(36)25(21(4)10-2)32-29(37)39-30(5,6)7)26(27(35)31-20-24(34)38-8)23-18-15-14-17-22(23)11-3/h3,14-15,17-18,21,25-26H,9-10,12-13,16,19-20H2,1-2,4-8H3,(H,31,35)(H,32,37). The van der Waals surface area contributed by atoms with Gasteiger partial charge < -0.3 is 25.0 Å². The minimum absolute atomic E-state index is 0.247. The first-order chi connectivity index (χ1) is 18.4. The van der Waals surface area contributed by atoms with Crippen LogP contribution in [-0.4, -0.2) is 60.6 Å². The summed E-state index contributed by atoms with van der Waals surface area (Å²) in [5, 5.41) is 5.33. The number of methoxy groups -OCH3 is 1. The number of terminal acetylenes is 1. The van der Waals surface area contributed by atoms with Crippen molar-refractivity contribution < 1.29 is 28.7 Å². The SMILES string of the molecule is C#Cc1ccccc1C(C(=O)NCC(=O)OC)N(CCCCCC)C(=O)C(NC(=O)OC(C)(C)C)C(C)CC. The number of benzene rings is 1. The molecule has 216 valence electrons. The molecule has 0 bridgehead atoms. The summed E-state index contributed by atoms with van der Waals surface area (Å²) in [5.74, 6) is 0.702. The second-order valence-electron chi connectivity index (χ2n) is 10.5. The highest BCUT2D eigenvalue weighted by atomic mass is 16.6. The normalized spacial score (nSPS) is 13.3. The Morgan fingerprint density at radius 2 is 1.74 bits per heavy atom. The summed E-state index contributed by atoms with van der Waals surface area (Å²) in [4.78, 5) is 53.9. The van der Waals surface area contributed by atoms with Crippen LogP contribution in [0.3, 0.4) is 0 Å². The largest absolute Gasteiger partial charge is 0.468 e. The third-order valence-electron chi connectivity index (χ3n) is 6.29. The molecule has 3 atom stereocenters. The van der Waals surface area contributed by atoms with Crippen LogP contribution in [0, 0.1) is 18.3 Å². The molecule has 0 fully saturated rings. The molecule has 39 heavy (non-hydrogen) atoms. The highest BCUT2D eigenvalue weighted by Gasteiger charge is 2.38. The maximum absolute atomic E-state index is 14.3. The minimum atomic E-state index is -1.14. The lowest BCUT2D eigenvalue weighted by atomic mass is 9.94. The molecule has 1 rings (SSSR count). The third kappa shape index (κ3) is 11.0. The summed E-state index contributed by atoms with van der Waals surface area (Å²) in [6, 6.07) is 4.79. The van der Waals surface area contributed by atoms with Crippen molar-refractivity contribution in [3.8, 4) is 12.3 Å². The number of unbranched alkanes of at least 4 members (excludes halogenated alkanes) is 3. The minimum Gasteiger partial charge on any atom is -0.468 e. The van der Waals surface area contributed by atoms with Gasteiger partial charge in [0.2, 0.25) is 11.8 Å². The summed E-state index contributed by atoms with van der Waals surface area (Å²) >= 11 is 0. The zero-order valence-corrected chi connectivity index (χ0v) is 24.5. The van der Waals surface area contributed by atoms with Gasteiger partial charge in [-0.05, 0) is 44.7 Å². The first-order valence-electron chi connectivity index (χ1n) is 13.6. The van der Waals surface area contributed by atoms with E-state index in [0.29, 0.717) is 24.0 Å². The number of nitrogens with one attached hydrogen (secondary N) is 2. The molecule has 9 heteroatoms. The Labute approximate surface area is 233 Å². The number of esters is 1. The fraction of sp³-hybridized carbons (Fsp3) is 0.600. The fourth-order valence-electron chi connectivity index (χ4n) is 4.02. The Kier molecular flexibility index (Phi) is 14.1.